The van der Waals surface area contributed by atoms with Crippen molar-refractivity contribution in [2.24, 2.45) is 0 Å². The van der Waals surface area contributed by atoms with E-state index in [1.165, 1.54) is 0 Å². The number of hydrogen-bond acceptors (Lipinski definition) is 3. The molecule has 1 aliphatic rings. The normalized spacial score (nSPS) is 21.1. The molecule has 1 aromatic rings. The molecule has 0 aliphatic carbocycles. The Balaban J connectivity index is 1.95. The van der Waals surface area contributed by atoms with E-state index in [-0.39, 0.29) is 6.61 Å². The monoisotopic (exact) mass is 193 g/mol. The van der Waals surface area contributed by atoms with Crippen LogP contribution in [0.5, 0.6) is 5.75 Å². The van der Waals surface area contributed by atoms with Gasteiger partial charge in [0.25, 0.3) is 0 Å². The Kier molecular flexibility index (Phi) is 3.01. The molecule has 76 valence electrons. The lowest BCUT2D eigenvalue weighted by Gasteiger charge is -2.12. The van der Waals surface area contributed by atoms with Crippen LogP contribution in [0.3, 0.4) is 0 Å². The molecule has 0 radical (unpaired) electrons. The third kappa shape index (κ3) is 2.25. The van der Waals surface area contributed by atoms with Gasteiger partial charge in [-0.05, 0) is 30.7 Å². The number of hydrogen-bond donors (Lipinski definition) is 2. The summed E-state index contributed by atoms with van der Waals surface area (Å²) in [5.74, 6) is 0.885. The number of rotatable bonds is 3. The van der Waals surface area contributed by atoms with E-state index >= 15 is 0 Å². The van der Waals surface area contributed by atoms with Crippen molar-refractivity contribution in [3.05, 3.63) is 29.8 Å². The summed E-state index contributed by atoms with van der Waals surface area (Å²) in [7, 11) is 0. The van der Waals surface area contributed by atoms with Gasteiger partial charge in [-0.2, -0.15) is 0 Å². The largest absolute Gasteiger partial charge is 0.489 e. The predicted octanol–water partition coefficient (Wildman–Crippen LogP) is 0.920. The molecular weight excluding hydrogens is 178 g/mol. The van der Waals surface area contributed by atoms with Crippen LogP contribution in [0.15, 0.2) is 24.3 Å². The maximum atomic E-state index is 8.86. The summed E-state index contributed by atoms with van der Waals surface area (Å²) in [5, 5.41) is 12.1. The molecule has 14 heavy (non-hydrogen) atoms. The van der Waals surface area contributed by atoms with Gasteiger partial charge in [-0.25, -0.2) is 0 Å². The third-order valence-corrected chi connectivity index (χ3v) is 2.42. The van der Waals surface area contributed by atoms with Gasteiger partial charge in [-0.15, -0.1) is 0 Å². The van der Waals surface area contributed by atoms with Gasteiger partial charge in [-0.1, -0.05) is 12.1 Å². The average molecular weight is 193 g/mol. The molecule has 0 aromatic heterocycles. The highest BCUT2D eigenvalue weighted by Gasteiger charge is 2.15. The van der Waals surface area contributed by atoms with Crippen molar-refractivity contribution in [2.75, 3.05) is 13.1 Å². The fraction of sp³-hybridized carbons (Fsp3) is 0.455. The van der Waals surface area contributed by atoms with Gasteiger partial charge < -0.3 is 15.2 Å². The maximum absolute atomic E-state index is 8.86. The van der Waals surface area contributed by atoms with Crippen LogP contribution in [-0.4, -0.2) is 24.3 Å². The van der Waals surface area contributed by atoms with Gasteiger partial charge in [0, 0.05) is 6.54 Å². The Labute approximate surface area is 83.7 Å². The predicted molar refractivity (Wildman–Crippen MR) is 54.3 cm³/mol. The number of ether oxygens (including phenoxy) is 1. The van der Waals surface area contributed by atoms with Crippen molar-refractivity contribution >= 4 is 0 Å². The SMILES string of the molecule is OCc1ccc(O[C@H]2CCNC2)cc1. The zero-order valence-electron chi connectivity index (χ0n) is 8.07. The molecule has 2 N–H and O–H groups in total. The van der Waals surface area contributed by atoms with Gasteiger partial charge in [0.15, 0.2) is 0 Å². The summed E-state index contributed by atoms with van der Waals surface area (Å²) < 4.78 is 5.73. The minimum absolute atomic E-state index is 0.0886. The fourth-order valence-corrected chi connectivity index (χ4v) is 1.59. The van der Waals surface area contributed by atoms with E-state index in [0.717, 1.165) is 30.8 Å². The molecule has 1 aromatic carbocycles. The fourth-order valence-electron chi connectivity index (χ4n) is 1.59. The molecule has 1 aliphatic heterocycles. The molecule has 2 rings (SSSR count). The molecule has 1 fully saturated rings. The van der Waals surface area contributed by atoms with Crippen molar-refractivity contribution in [1.82, 2.24) is 5.32 Å². The standard InChI is InChI=1S/C11H15NO2/c13-8-9-1-3-10(4-2-9)14-11-5-6-12-7-11/h1-4,11-13H,5-8H2/t11-/m0/s1. The van der Waals surface area contributed by atoms with Crippen molar-refractivity contribution in [3.63, 3.8) is 0 Å². The number of aliphatic hydroxyl groups is 1. The lowest BCUT2D eigenvalue weighted by Crippen LogP contribution is -2.19. The van der Waals surface area contributed by atoms with Gasteiger partial charge in [0.2, 0.25) is 0 Å². The Bertz CT molecular complexity index is 278. The van der Waals surface area contributed by atoms with Gasteiger partial charge in [-0.3, -0.25) is 0 Å². The van der Waals surface area contributed by atoms with Gasteiger partial charge >= 0.3 is 0 Å². The second-order valence-electron chi connectivity index (χ2n) is 3.53. The minimum atomic E-state index is 0.0886. The average Bonchev–Trinajstić information content (AvgIpc) is 2.72. The summed E-state index contributed by atoms with van der Waals surface area (Å²) in [4.78, 5) is 0. The highest BCUT2D eigenvalue weighted by Crippen LogP contribution is 2.15. The third-order valence-electron chi connectivity index (χ3n) is 2.42. The van der Waals surface area contributed by atoms with Crippen molar-refractivity contribution in [2.45, 2.75) is 19.1 Å². The van der Waals surface area contributed by atoms with E-state index in [9.17, 15) is 0 Å². The van der Waals surface area contributed by atoms with Crippen LogP contribution < -0.4 is 10.1 Å². The lowest BCUT2D eigenvalue weighted by atomic mass is 10.2. The summed E-state index contributed by atoms with van der Waals surface area (Å²) in [6.45, 7) is 2.06. The number of aliphatic hydroxyl groups excluding tert-OH is 1. The zero-order valence-corrected chi connectivity index (χ0v) is 8.07. The second-order valence-corrected chi connectivity index (χ2v) is 3.53. The Morgan fingerprint density at radius 1 is 1.36 bits per heavy atom. The highest BCUT2D eigenvalue weighted by molar-refractivity contribution is 5.27. The van der Waals surface area contributed by atoms with Gasteiger partial charge in [0.1, 0.15) is 11.9 Å². The molecule has 0 spiro atoms. The molecule has 3 nitrogen and oxygen atoms in total. The van der Waals surface area contributed by atoms with Crippen LogP contribution in [0.2, 0.25) is 0 Å². The summed E-state index contributed by atoms with van der Waals surface area (Å²) in [5.41, 5.74) is 0.918. The van der Waals surface area contributed by atoms with E-state index in [1.54, 1.807) is 0 Å². The second kappa shape index (κ2) is 4.44. The van der Waals surface area contributed by atoms with E-state index in [0.29, 0.717) is 6.10 Å². The first-order chi connectivity index (χ1) is 6.88. The topological polar surface area (TPSA) is 41.5 Å². The first kappa shape index (κ1) is 9.49. The van der Waals surface area contributed by atoms with Crippen LogP contribution in [-0.2, 0) is 6.61 Å². The zero-order chi connectivity index (χ0) is 9.80. The Morgan fingerprint density at radius 3 is 2.71 bits per heavy atom. The van der Waals surface area contributed by atoms with Crippen LogP contribution in [0.25, 0.3) is 0 Å². The summed E-state index contributed by atoms with van der Waals surface area (Å²) in [6, 6.07) is 7.59. The maximum Gasteiger partial charge on any atom is 0.119 e. The molecule has 0 unspecified atom stereocenters. The molecule has 0 saturated carbocycles. The van der Waals surface area contributed by atoms with Crippen molar-refractivity contribution < 1.29 is 9.84 Å². The van der Waals surface area contributed by atoms with Crippen LogP contribution >= 0.6 is 0 Å². The lowest BCUT2D eigenvalue weighted by molar-refractivity contribution is 0.222. The van der Waals surface area contributed by atoms with Crippen LogP contribution in [0.4, 0.5) is 0 Å². The summed E-state index contributed by atoms with van der Waals surface area (Å²) in [6.07, 6.45) is 1.37. The van der Waals surface area contributed by atoms with E-state index in [4.69, 9.17) is 9.84 Å². The quantitative estimate of drug-likeness (QED) is 0.750. The molecule has 1 heterocycles. The molecule has 0 bridgehead atoms. The molecular formula is C11H15NO2. The summed E-state index contributed by atoms with van der Waals surface area (Å²) >= 11 is 0. The van der Waals surface area contributed by atoms with E-state index in [2.05, 4.69) is 5.32 Å². The minimum Gasteiger partial charge on any atom is -0.489 e. The number of nitrogens with one attached hydrogen (secondary N) is 1. The van der Waals surface area contributed by atoms with Crippen LogP contribution in [0, 0.1) is 0 Å². The highest BCUT2D eigenvalue weighted by atomic mass is 16.5. The molecule has 3 heteroatoms. The van der Waals surface area contributed by atoms with Crippen LogP contribution in [0.1, 0.15) is 12.0 Å². The first-order valence-corrected chi connectivity index (χ1v) is 4.95. The Morgan fingerprint density at radius 2 is 2.14 bits per heavy atom. The smallest absolute Gasteiger partial charge is 0.119 e. The number of benzene rings is 1. The van der Waals surface area contributed by atoms with E-state index in [1.807, 2.05) is 24.3 Å². The van der Waals surface area contributed by atoms with Crippen molar-refractivity contribution in [1.29, 1.82) is 0 Å². The van der Waals surface area contributed by atoms with E-state index < -0.39 is 0 Å². The molecule has 1 atom stereocenters. The van der Waals surface area contributed by atoms with Gasteiger partial charge in [0.05, 0.1) is 6.61 Å². The molecule has 0 amide bonds. The van der Waals surface area contributed by atoms with Crippen molar-refractivity contribution in [3.8, 4) is 5.75 Å². The molecule has 1 saturated heterocycles. The Hall–Kier alpha value is -1.06. The first-order valence-electron chi connectivity index (χ1n) is 4.95.